The maximum atomic E-state index is 14.0. The van der Waals surface area contributed by atoms with Crippen molar-refractivity contribution < 1.29 is 36.7 Å². The predicted octanol–water partition coefficient (Wildman–Crippen LogP) is 4.07. The molecule has 0 bridgehead atoms. The van der Waals surface area contributed by atoms with Crippen LogP contribution in [0.25, 0.3) is 10.8 Å². The fourth-order valence-corrected chi connectivity index (χ4v) is 4.15. The first-order valence-electron chi connectivity index (χ1n) is 10.3. The van der Waals surface area contributed by atoms with Gasteiger partial charge in [0, 0.05) is 16.6 Å². The molecule has 0 aliphatic heterocycles. The quantitative estimate of drug-likeness (QED) is 0.516. The lowest BCUT2D eigenvalue weighted by molar-refractivity contribution is -0.252. The third-order valence-corrected chi connectivity index (χ3v) is 6.08. The summed E-state index contributed by atoms with van der Waals surface area (Å²) >= 11 is 0. The van der Waals surface area contributed by atoms with Gasteiger partial charge in [0.1, 0.15) is 0 Å². The van der Waals surface area contributed by atoms with Gasteiger partial charge in [0.2, 0.25) is 5.60 Å². The van der Waals surface area contributed by atoms with Crippen molar-refractivity contribution in [2.75, 3.05) is 12.4 Å². The van der Waals surface area contributed by atoms with E-state index in [1.807, 2.05) is 0 Å². The van der Waals surface area contributed by atoms with Gasteiger partial charge in [0.05, 0.1) is 18.2 Å². The van der Waals surface area contributed by atoms with Crippen LogP contribution in [0.3, 0.4) is 0 Å². The molecule has 1 amide bonds. The van der Waals surface area contributed by atoms with Crippen molar-refractivity contribution in [1.29, 1.82) is 0 Å². The molecule has 1 heterocycles. The number of hydrogen-bond donors (Lipinski definition) is 2. The number of aliphatic hydroxyl groups is 1. The zero-order valence-electron chi connectivity index (χ0n) is 18.1. The number of anilines is 1. The number of amides is 1. The number of benzene rings is 2. The summed E-state index contributed by atoms with van der Waals surface area (Å²) in [4.78, 5) is 24.5. The van der Waals surface area contributed by atoms with E-state index >= 15 is 0 Å². The normalized spacial score (nSPS) is 19.5. The Labute approximate surface area is 190 Å². The number of methoxy groups -OCH3 is 1. The number of aromatic nitrogens is 1. The molecule has 7 nitrogen and oxygen atoms in total. The molecule has 1 fully saturated rings. The van der Waals surface area contributed by atoms with E-state index in [4.69, 9.17) is 4.74 Å². The summed E-state index contributed by atoms with van der Waals surface area (Å²) in [5.41, 5.74) is -3.81. The van der Waals surface area contributed by atoms with E-state index < -0.39 is 47.4 Å². The van der Waals surface area contributed by atoms with Crippen LogP contribution in [0.5, 0.6) is 5.75 Å². The van der Waals surface area contributed by atoms with E-state index in [-0.39, 0.29) is 28.6 Å². The molecule has 180 valence electrons. The zero-order valence-corrected chi connectivity index (χ0v) is 18.1. The molecule has 0 saturated heterocycles. The number of hydrogen-bond acceptors (Lipinski definition) is 6. The summed E-state index contributed by atoms with van der Waals surface area (Å²) in [6.45, 7) is 1.52. The van der Waals surface area contributed by atoms with E-state index in [1.54, 1.807) is 6.07 Å². The molecule has 1 aliphatic rings. The number of aryl methyl sites for hydroxylation is 1. The van der Waals surface area contributed by atoms with Crippen molar-refractivity contribution in [3.63, 3.8) is 0 Å². The molecule has 11 heteroatoms. The Hall–Kier alpha value is -3.47. The van der Waals surface area contributed by atoms with Crippen LogP contribution in [0.15, 0.2) is 45.7 Å². The van der Waals surface area contributed by atoms with Gasteiger partial charge in [-0.25, -0.2) is 9.18 Å². The number of carbonyl (C=O) groups is 1. The van der Waals surface area contributed by atoms with Gasteiger partial charge in [-0.1, -0.05) is 17.3 Å². The largest absolute Gasteiger partial charge is 0.493 e. The first kappa shape index (κ1) is 23.7. The van der Waals surface area contributed by atoms with E-state index in [0.29, 0.717) is 11.3 Å². The molecule has 3 atom stereocenters. The Kier molecular flexibility index (Phi) is 5.84. The Morgan fingerprint density at radius 1 is 1.26 bits per heavy atom. The number of nitrogens with one attached hydrogen (secondary N) is 1. The first-order valence-corrected chi connectivity index (χ1v) is 10.3. The summed E-state index contributed by atoms with van der Waals surface area (Å²) in [5, 5.41) is 16.6. The number of rotatable bonds is 6. The van der Waals surface area contributed by atoms with Crippen molar-refractivity contribution in [3.8, 4) is 5.75 Å². The number of ether oxygens (including phenoxy) is 1. The fourth-order valence-electron chi connectivity index (χ4n) is 4.15. The third-order valence-electron chi connectivity index (χ3n) is 6.08. The van der Waals surface area contributed by atoms with Crippen molar-refractivity contribution in [2.45, 2.75) is 37.5 Å². The Morgan fingerprint density at radius 2 is 2.00 bits per heavy atom. The lowest BCUT2D eigenvalue weighted by atomic mass is 9.92. The summed E-state index contributed by atoms with van der Waals surface area (Å²) in [6.07, 6.45) is -5.96. The van der Waals surface area contributed by atoms with Gasteiger partial charge in [-0.2, -0.15) is 13.2 Å². The molecule has 3 unspecified atom stereocenters. The third kappa shape index (κ3) is 4.11. The first-order chi connectivity index (χ1) is 16.0. The van der Waals surface area contributed by atoms with Crippen LogP contribution in [0, 0.1) is 18.7 Å². The monoisotopic (exact) mass is 480 g/mol. The molecule has 3 aromatic rings. The van der Waals surface area contributed by atoms with Crippen LogP contribution in [-0.2, 0) is 4.79 Å². The second-order valence-electron chi connectivity index (χ2n) is 8.30. The summed E-state index contributed by atoms with van der Waals surface area (Å²) in [6, 6.07) is 7.92. The predicted molar refractivity (Wildman–Crippen MR) is 113 cm³/mol. The minimum Gasteiger partial charge on any atom is -0.493 e. The Bertz CT molecular complexity index is 1320. The zero-order chi connectivity index (χ0) is 24.8. The van der Waals surface area contributed by atoms with Gasteiger partial charge in [-0.05, 0) is 55.9 Å². The number of alkyl halides is 3. The molecular weight excluding hydrogens is 460 g/mol. The highest BCUT2D eigenvalue weighted by molar-refractivity contribution is 5.99. The highest BCUT2D eigenvalue weighted by Gasteiger charge is 2.62. The number of nitrogens with zero attached hydrogens (tertiary/aromatic N) is 1. The maximum Gasteiger partial charge on any atom is 0.426 e. The molecule has 2 N–H and O–H groups in total. The Balaban J connectivity index is 1.58. The summed E-state index contributed by atoms with van der Waals surface area (Å²) in [5.74, 6) is -3.60. The van der Waals surface area contributed by atoms with Crippen molar-refractivity contribution in [1.82, 2.24) is 5.16 Å². The molecule has 1 saturated carbocycles. The van der Waals surface area contributed by atoms with E-state index in [1.165, 1.54) is 44.4 Å². The van der Waals surface area contributed by atoms with Crippen LogP contribution < -0.4 is 15.7 Å². The van der Waals surface area contributed by atoms with Gasteiger partial charge >= 0.3 is 11.8 Å². The number of para-hydroxylation sites is 1. The van der Waals surface area contributed by atoms with Crippen LogP contribution in [0.1, 0.15) is 30.0 Å². The molecule has 0 radical (unpaired) electrons. The topological polar surface area (TPSA) is 102 Å². The van der Waals surface area contributed by atoms with Crippen molar-refractivity contribution in [2.24, 2.45) is 5.92 Å². The molecular formula is C23H20F4N2O5. The van der Waals surface area contributed by atoms with E-state index in [2.05, 4.69) is 15.0 Å². The average Bonchev–Trinajstić information content (AvgIpc) is 3.54. The smallest absolute Gasteiger partial charge is 0.426 e. The van der Waals surface area contributed by atoms with Crippen LogP contribution in [0.2, 0.25) is 0 Å². The molecule has 1 aromatic heterocycles. The molecule has 4 rings (SSSR count). The molecule has 2 aromatic carbocycles. The second-order valence-corrected chi connectivity index (χ2v) is 8.30. The molecule has 1 aliphatic carbocycles. The summed E-state index contributed by atoms with van der Waals surface area (Å²) in [7, 11) is 1.25. The van der Waals surface area contributed by atoms with Crippen LogP contribution >= 0.6 is 0 Å². The molecule has 34 heavy (non-hydrogen) atoms. The lowest BCUT2D eigenvalue weighted by Crippen LogP contribution is -2.55. The minimum atomic E-state index is -5.27. The van der Waals surface area contributed by atoms with Gasteiger partial charge in [0.25, 0.3) is 5.91 Å². The standard InChI is InChI=1S/C23H20F4N2O5/c1-11-16-9-13(6-7-15(16)20(30)34-29-11)28-21(31)22(32,23(25,26)27)10-12-8-17(12)14-4-3-5-18(24)19(14)33-2/h3-7,9,12,17,32H,8,10H2,1-2H3,(H,28,31). The van der Waals surface area contributed by atoms with Crippen molar-refractivity contribution >= 4 is 22.4 Å². The molecule has 0 spiro atoms. The minimum absolute atomic E-state index is 0.0604. The lowest BCUT2D eigenvalue weighted by Gasteiger charge is -2.29. The van der Waals surface area contributed by atoms with Gasteiger partial charge < -0.3 is 19.7 Å². The van der Waals surface area contributed by atoms with Gasteiger partial charge in [-0.3, -0.25) is 4.79 Å². The highest BCUT2D eigenvalue weighted by Crippen LogP contribution is 2.55. The number of carbonyl (C=O) groups excluding carboxylic acids is 1. The van der Waals surface area contributed by atoms with Crippen LogP contribution in [-0.4, -0.2) is 35.1 Å². The van der Waals surface area contributed by atoms with Crippen LogP contribution in [0.4, 0.5) is 23.2 Å². The SMILES string of the molecule is COc1c(F)cccc1C1CC1CC(O)(C(=O)Nc1ccc2c(=O)onc(C)c2c1)C(F)(F)F. The Morgan fingerprint density at radius 3 is 2.68 bits per heavy atom. The number of fused-ring (bicyclic) bond motifs is 1. The highest BCUT2D eigenvalue weighted by atomic mass is 19.4. The van der Waals surface area contributed by atoms with Gasteiger partial charge in [0.15, 0.2) is 11.6 Å². The van der Waals surface area contributed by atoms with Gasteiger partial charge in [-0.15, -0.1) is 0 Å². The number of halogens is 4. The fraction of sp³-hybridized carbons (Fsp3) is 0.348. The van der Waals surface area contributed by atoms with E-state index in [9.17, 15) is 32.3 Å². The maximum absolute atomic E-state index is 14.0. The summed E-state index contributed by atoms with van der Waals surface area (Å²) < 4.78 is 65.3. The van der Waals surface area contributed by atoms with Crippen molar-refractivity contribution in [3.05, 3.63) is 63.9 Å². The average molecular weight is 480 g/mol. The second kappa shape index (κ2) is 8.39. The van der Waals surface area contributed by atoms with E-state index in [0.717, 1.165) is 0 Å².